The number of nitrogens with two attached hydrogens (primary N) is 1. The minimum atomic E-state index is -4.04. The van der Waals surface area contributed by atoms with Gasteiger partial charge < -0.3 is 19.4 Å². The fraction of sp³-hybridized carbons (Fsp3) is 0.161. The minimum absolute atomic E-state index is 0.0116. The van der Waals surface area contributed by atoms with Gasteiger partial charge in [-0.25, -0.2) is 0 Å². The first kappa shape index (κ1) is 28.5. The predicted molar refractivity (Wildman–Crippen MR) is 149 cm³/mol. The molecule has 0 heterocycles. The number of ether oxygens (including phenoxy) is 2. The Morgan fingerprint density at radius 2 is 1.18 bits per heavy atom. The van der Waals surface area contributed by atoms with Crippen molar-refractivity contribution in [2.45, 2.75) is 36.5 Å². The molecule has 0 aromatic heterocycles. The largest absolute Gasteiger partial charge is 0.461 e. The molecule has 0 fully saturated rings. The van der Waals surface area contributed by atoms with E-state index in [1.54, 1.807) is 18.2 Å². The summed E-state index contributed by atoms with van der Waals surface area (Å²) in [7, 11) is -4.04. The third-order valence-electron chi connectivity index (χ3n) is 6.03. The van der Waals surface area contributed by atoms with Gasteiger partial charge in [-0.1, -0.05) is 91.0 Å². The van der Waals surface area contributed by atoms with Crippen molar-refractivity contribution in [3.63, 3.8) is 0 Å². The molecule has 4 aromatic rings. The topological polar surface area (TPSA) is 122 Å². The van der Waals surface area contributed by atoms with Gasteiger partial charge in [-0.15, -0.1) is 0 Å². The first-order valence-corrected chi connectivity index (χ1v) is 14.0. The monoisotopic (exact) mass is 559 g/mol. The standard InChI is InChI=1S/C31H29NO7S/c32-28(20-29(33)37-21-23-10-4-1-5-11-23)30(31(34)38-22-24-12-6-2-7-13-24)25-16-18-26(19-17-25)39-40(35,36)27-14-8-3-9-15-27/h1-19,28,30H,20-22,32H2. The zero-order chi connectivity index (χ0) is 28.4. The summed E-state index contributed by atoms with van der Waals surface area (Å²) in [6.45, 7) is 0.106. The predicted octanol–water partition coefficient (Wildman–Crippen LogP) is 4.74. The maximum Gasteiger partial charge on any atom is 0.339 e. The van der Waals surface area contributed by atoms with E-state index < -0.39 is 34.0 Å². The molecule has 0 aliphatic rings. The summed E-state index contributed by atoms with van der Waals surface area (Å²) in [5.41, 5.74) is 8.43. The summed E-state index contributed by atoms with van der Waals surface area (Å²) >= 11 is 0. The van der Waals surface area contributed by atoms with Crippen LogP contribution in [0.3, 0.4) is 0 Å². The Morgan fingerprint density at radius 3 is 1.73 bits per heavy atom. The summed E-state index contributed by atoms with van der Waals surface area (Å²) in [6.07, 6.45) is -0.238. The van der Waals surface area contributed by atoms with Crippen LogP contribution < -0.4 is 9.92 Å². The Morgan fingerprint density at radius 1 is 0.675 bits per heavy atom. The van der Waals surface area contributed by atoms with Gasteiger partial charge in [-0.05, 0) is 41.0 Å². The van der Waals surface area contributed by atoms with Crippen molar-refractivity contribution in [1.82, 2.24) is 0 Å². The third-order valence-corrected chi connectivity index (χ3v) is 7.29. The van der Waals surface area contributed by atoms with Crippen LogP contribution in [0.5, 0.6) is 5.75 Å². The summed E-state index contributed by atoms with van der Waals surface area (Å²) in [5.74, 6) is -2.16. The molecule has 2 N–H and O–H groups in total. The fourth-order valence-electron chi connectivity index (χ4n) is 3.98. The normalized spacial score (nSPS) is 12.6. The van der Waals surface area contributed by atoms with Crippen LogP contribution in [-0.4, -0.2) is 26.4 Å². The molecule has 0 radical (unpaired) electrons. The van der Waals surface area contributed by atoms with Gasteiger partial charge in [0.2, 0.25) is 0 Å². The van der Waals surface area contributed by atoms with Gasteiger partial charge in [0, 0.05) is 6.04 Å². The van der Waals surface area contributed by atoms with Gasteiger partial charge in [-0.3, -0.25) is 9.59 Å². The number of hydrogen-bond acceptors (Lipinski definition) is 8. The average molecular weight is 560 g/mol. The molecular formula is C31H29NO7S. The van der Waals surface area contributed by atoms with Crippen LogP contribution in [0.1, 0.15) is 29.0 Å². The average Bonchev–Trinajstić information content (AvgIpc) is 2.97. The molecule has 4 rings (SSSR count). The number of carbonyl (C=O) groups is 2. The SMILES string of the molecule is NC(CC(=O)OCc1ccccc1)C(C(=O)OCc1ccccc1)c1ccc(OS(=O)(=O)c2ccccc2)cc1. The van der Waals surface area contributed by atoms with E-state index in [9.17, 15) is 18.0 Å². The van der Waals surface area contributed by atoms with E-state index in [4.69, 9.17) is 19.4 Å². The molecule has 0 amide bonds. The number of benzene rings is 4. The second-order valence-electron chi connectivity index (χ2n) is 9.00. The van der Waals surface area contributed by atoms with Crippen LogP contribution in [0, 0.1) is 0 Å². The van der Waals surface area contributed by atoms with Crippen molar-refractivity contribution < 1.29 is 31.7 Å². The minimum Gasteiger partial charge on any atom is -0.461 e. The molecule has 40 heavy (non-hydrogen) atoms. The highest BCUT2D eigenvalue weighted by Gasteiger charge is 2.31. The maximum absolute atomic E-state index is 13.2. The number of hydrogen-bond donors (Lipinski definition) is 1. The van der Waals surface area contributed by atoms with Gasteiger partial charge in [0.1, 0.15) is 23.9 Å². The van der Waals surface area contributed by atoms with Crippen molar-refractivity contribution in [2.24, 2.45) is 5.73 Å². The Bertz CT molecular complexity index is 1490. The number of rotatable bonds is 12. The summed E-state index contributed by atoms with van der Waals surface area (Å²) in [5, 5.41) is 0. The van der Waals surface area contributed by atoms with Gasteiger partial charge in [0.05, 0.1) is 12.3 Å². The van der Waals surface area contributed by atoms with Crippen molar-refractivity contribution in [1.29, 1.82) is 0 Å². The molecule has 9 heteroatoms. The molecule has 8 nitrogen and oxygen atoms in total. The van der Waals surface area contributed by atoms with E-state index in [1.165, 1.54) is 36.4 Å². The van der Waals surface area contributed by atoms with E-state index in [1.807, 2.05) is 60.7 Å². The quantitative estimate of drug-likeness (QED) is 0.195. The smallest absolute Gasteiger partial charge is 0.339 e. The molecule has 0 bridgehead atoms. The fourth-order valence-corrected chi connectivity index (χ4v) is 4.93. The van der Waals surface area contributed by atoms with E-state index >= 15 is 0 Å². The second kappa shape index (κ2) is 13.5. The van der Waals surface area contributed by atoms with Crippen molar-refractivity contribution in [2.75, 3.05) is 0 Å². The molecule has 0 aliphatic heterocycles. The Hall–Kier alpha value is -4.47. The van der Waals surface area contributed by atoms with Crippen LogP contribution >= 0.6 is 0 Å². The highest BCUT2D eigenvalue weighted by molar-refractivity contribution is 7.87. The first-order valence-electron chi connectivity index (χ1n) is 12.6. The molecular weight excluding hydrogens is 530 g/mol. The number of esters is 2. The Kier molecular flexibility index (Phi) is 9.66. The molecule has 0 spiro atoms. The molecule has 4 aromatic carbocycles. The van der Waals surface area contributed by atoms with Crippen LogP contribution in [0.25, 0.3) is 0 Å². The lowest BCUT2D eigenvalue weighted by molar-refractivity contribution is -0.149. The Labute approximate surface area is 233 Å². The maximum atomic E-state index is 13.2. The number of carbonyl (C=O) groups excluding carboxylic acids is 2. The van der Waals surface area contributed by atoms with E-state index in [-0.39, 0.29) is 30.3 Å². The zero-order valence-electron chi connectivity index (χ0n) is 21.6. The first-order chi connectivity index (χ1) is 19.3. The van der Waals surface area contributed by atoms with E-state index in [0.717, 1.165) is 11.1 Å². The van der Waals surface area contributed by atoms with Gasteiger partial charge in [-0.2, -0.15) is 8.42 Å². The van der Waals surface area contributed by atoms with E-state index in [2.05, 4.69) is 0 Å². The molecule has 0 aliphatic carbocycles. The molecule has 2 atom stereocenters. The lowest BCUT2D eigenvalue weighted by Gasteiger charge is -2.23. The van der Waals surface area contributed by atoms with Gasteiger partial charge in [0.15, 0.2) is 0 Å². The lowest BCUT2D eigenvalue weighted by Crippen LogP contribution is -2.37. The van der Waals surface area contributed by atoms with Crippen molar-refractivity contribution in [3.05, 3.63) is 132 Å². The van der Waals surface area contributed by atoms with Crippen LogP contribution in [0.4, 0.5) is 0 Å². The summed E-state index contributed by atoms with van der Waals surface area (Å²) < 4.78 is 41.3. The highest BCUT2D eigenvalue weighted by atomic mass is 32.2. The summed E-state index contributed by atoms with van der Waals surface area (Å²) in [4.78, 5) is 25.8. The van der Waals surface area contributed by atoms with Crippen molar-refractivity contribution >= 4 is 22.1 Å². The summed E-state index contributed by atoms with van der Waals surface area (Å²) in [6, 6.07) is 31.0. The highest BCUT2D eigenvalue weighted by Crippen LogP contribution is 2.27. The van der Waals surface area contributed by atoms with Crippen LogP contribution in [-0.2, 0) is 42.4 Å². The molecule has 206 valence electrons. The zero-order valence-corrected chi connectivity index (χ0v) is 22.4. The van der Waals surface area contributed by atoms with Crippen LogP contribution in [0.2, 0.25) is 0 Å². The van der Waals surface area contributed by atoms with E-state index in [0.29, 0.717) is 5.56 Å². The van der Waals surface area contributed by atoms with Gasteiger partial charge in [0.25, 0.3) is 0 Å². The molecule has 0 saturated carbocycles. The van der Waals surface area contributed by atoms with Gasteiger partial charge >= 0.3 is 22.1 Å². The molecule has 2 unspecified atom stereocenters. The van der Waals surface area contributed by atoms with Crippen LogP contribution in [0.15, 0.2) is 120 Å². The third kappa shape index (κ3) is 8.02. The van der Waals surface area contributed by atoms with Crippen molar-refractivity contribution in [3.8, 4) is 5.75 Å². The lowest BCUT2D eigenvalue weighted by atomic mass is 9.90. The second-order valence-corrected chi connectivity index (χ2v) is 10.6. The molecule has 0 saturated heterocycles. The Balaban J connectivity index is 1.48.